The van der Waals surface area contributed by atoms with Gasteiger partial charge in [0.15, 0.2) is 6.29 Å². The van der Waals surface area contributed by atoms with E-state index in [1.807, 2.05) is 42.0 Å². The number of dihydropyridines is 1. The highest BCUT2D eigenvalue weighted by molar-refractivity contribution is 6.00. The number of hydrogen-bond acceptors (Lipinski definition) is 12. The standard InChI is InChI=1S/C46H64N6O8/c1-5-30-18-35-24-47-41(38(11-15-57-4)45(55)51(35)26-30)12-16-58-28-33-20-37(59-17-14-50(7-3)13-10-44(53)54)21-34(49-33)29-60-43-23-42-40(22-39(43)32-8-9-32)46(56)52-27-31(6-2)19-36(52)25-48-42/h5-6,11,15,20-22,24,32,34-36,43-44,48-49,53-54H,7-10,12-14,16-19,23,25-29H2,1-4H3/b15-11+,30-5+,31-6+/t34?,35-,36?,43?/m1/s1. The van der Waals surface area contributed by atoms with Gasteiger partial charge in [0.25, 0.3) is 11.8 Å². The van der Waals surface area contributed by atoms with E-state index in [1.54, 1.807) is 13.2 Å². The third kappa shape index (κ3) is 10.7. The van der Waals surface area contributed by atoms with Crippen molar-refractivity contribution in [2.75, 3.05) is 72.8 Å². The number of methoxy groups -OCH3 is 1. The zero-order chi connectivity index (χ0) is 42.2. The minimum Gasteiger partial charge on any atom is -0.504 e. The Balaban J connectivity index is 1.00. The molecule has 4 N–H and O–H groups in total. The minimum absolute atomic E-state index is 0.0619. The van der Waals surface area contributed by atoms with Gasteiger partial charge in [-0.05, 0) is 75.8 Å². The van der Waals surface area contributed by atoms with Crippen LogP contribution in [-0.4, -0.2) is 146 Å². The number of aliphatic imine (C=N–C) groups is 1. The molecule has 1 saturated carbocycles. The molecule has 7 rings (SSSR count). The molecule has 5 heterocycles. The van der Waals surface area contributed by atoms with Gasteiger partial charge in [0.1, 0.15) is 12.4 Å². The predicted octanol–water partition coefficient (Wildman–Crippen LogP) is 3.75. The molecule has 60 heavy (non-hydrogen) atoms. The molecule has 0 spiro atoms. The van der Waals surface area contributed by atoms with Gasteiger partial charge in [-0.1, -0.05) is 30.2 Å². The molecule has 5 aliphatic heterocycles. The van der Waals surface area contributed by atoms with E-state index in [0.717, 1.165) is 55.7 Å². The van der Waals surface area contributed by atoms with Crippen LogP contribution in [0.2, 0.25) is 0 Å². The Bertz CT molecular complexity index is 1890. The highest BCUT2D eigenvalue weighted by Gasteiger charge is 2.41. The smallest absolute Gasteiger partial charge is 0.256 e. The number of hydrogen-bond donors (Lipinski definition) is 4. The van der Waals surface area contributed by atoms with Gasteiger partial charge < -0.3 is 54.5 Å². The van der Waals surface area contributed by atoms with Gasteiger partial charge >= 0.3 is 0 Å². The highest BCUT2D eigenvalue weighted by atomic mass is 16.5. The van der Waals surface area contributed by atoms with E-state index in [2.05, 4.69) is 40.7 Å². The number of nitrogens with zero attached hydrogens (tertiary/aromatic N) is 4. The Hall–Kier alpha value is -4.47. The first-order valence-electron chi connectivity index (χ1n) is 21.8. The average Bonchev–Trinajstić information content (AvgIpc) is 3.93. The van der Waals surface area contributed by atoms with Crippen molar-refractivity contribution in [2.45, 2.75) is 96.2 Å². The van der Waals surface area contributed by atoms with E-state index in [9.17, 15) is 19.8 Å². The molecule has 2 saturated heterocycles. The van der Waals surface area contributed by atoms with Gasteiger partial charge in [-0.25, -0.2) is 0 Å². The van der Waals surface area contributed by atoms with Gasteiger partial charge in [-0.3, -0.25) is 14.6 Å². The number of carbonyl (C=O) groups is 2. The largest absolute Gasteiger partial charge is 0.504 e. The number of carbonyl (C=O) groups excluding carboxylic acids is 2. The molecule has 7 aliphatic rings. The lowest BCUT2D eigenvalue weighted by Gasteiger charge is -2.31. The zero-order valence-corrected chi connectivity index (χ0v) is 35.7. The van der Waals surface area contributed by atoms with Gasteiger partial charge in [0, 0.05) is 75.7 Å². The summed E-state index contributed by atoms with van der Waals surface area (Å²) in [5.41, 5.74) is 7.54. The minimum atomic E-state index is -1.34. The summed E-state index contributed by atoms with van der Waals surface area (Å²) in [6, 6.07) is -0.108. The Morgan fingerprint density at radius 1 is 1.02 bits per heavy atom. The summed E-state index contributed by atoms with van der Waals surface area (Å²) < 4.78 is 24.5. The lowest BCUT2D eigenvalue weighted by Crippen LogP contribution is -2.38. The molecule has 14 heteroatoms. The molecular weight excluding hydrogens is 765 g/mol. The van der Waals surface area contributed by atoms with Crippen LogP contribution in [0.15, 0.2) is 98.4 Å². The van der Waals surface area contributed by atoms with Crippen LogP contribution in [0.4, 0.5) is 0 Å². The number of rotatable bonds is 19. The fraction of sp³-hybridized carbons (Fsp3) is 0.587. The number of allylic oxidation sites excluding steroid dienone is 3. The molecular formula is C46H64N6O8. The number of ether oxygens (including phenoxy) is 4. The van der Waals surface area contributed by atoms with Gasteiger partial charge in [-0.2, -0.15) is 0 Å². The SMILES string of the molecule is C/C=C1\CC2CNC3=C(C=C(C4CC4)C(OCC4C=C(OCCN(CC)CCC(O)O)C=C(COCCC5=C(/C=C/OC)C(=O)N6C/C(=C/C)C[C@@H]6C=N5)N4)C3)C(=O)N2C1. The summed E-state index contributed by atoms with van der Waals surface area (Å²) in [7, 11) is 1.56. The Morgan fingerprint density at radius 3 is 2.57 bits per heavy atom. The van der Waals surface area contributed by atoms with Crippen LogP contribution in [-0.2, 0) is 28.5 Å². The molecule has 0 radical (unpaired) electrons. The zero-order valence-electron chi connectivity index (χ0n) is 35.7. The number of aliphatic hydroxyl groups excluding tert-OH is 1. The topological polar surface area (TPSA) is 158 Å². The van der Waals surface area contributed by atoms with Gasteiger partial charge in [0.2, 0.25) is 0 Å². The first kappa shape index (κ1) is 43.6. The maximum absolute atomic E-state index is 13.9. The highest BCUT2D eigenvalue weighted by Crippen LogP contribution is 2.44. The summed E-state index contributed by atoms with van der Waals surface area (Å²) in [6.07, 6.45) is 19.2. The first-order valence-corrected chi connectivity index (χ1v) is 21.8. The first-order chi connectivity index (χ1) is 29.2. The van der Waals surface area contributed by atoms with Crippen LogP contribution in [0.1, 0.15) is 65.7 Å². The molecule has 0 aromatic carbocycles. The molecule has 3 unspecified atom stereocenters. The number of nitrogens with one attached hydrogen (secondary N) is 2. The second-order valence-corrected chi connectivity index (χ2v) is 16.6. The Kier molecular flexibility index (Phi) is 14.8. The summed E-state index contributed by atoms with van der Waals surface area (Å²) in [5.74, 6) is 1.20. The molecule has 0 bridgehead atoms. The monoisotopic (exact) mass is 828 g/mol. The molecule has 3 fully saturated rings. The molecule has 0 aromatic heterocycles. The quantitative estimate of drug-likeness (QED) is 0.0651. The van der Waals surface area contributed by atoms with Crippen LogP contribution in [0.5, 0.6) is 0 Å². The van der Waals surface area contributed by atoms with Crippen LogP contribution in [0.3, 0.4) is 0 Å². The summed E-state index contributed by atoms with van der Waals surface area (Å²) in [4.78, 5) is 38.4. The summed E-state index contributed by atoms with van der Waals surface area (Å²) in [6.45, 7) is 11.5. The molecule has 326 valence electrons. The van der Waals surface area contributed by atoms with Crippen molar-refractivity contribution in [3.05, 3.63) is 93.4 Å². The van der Waals surface area contributed by atoms with Crippen LogP contribution < -0.4 is 10.6 Å². The molecule has 14 nitrogen and oxygen atoms in total. The maximum Gasteiger partial charge on any atom is 0.256 e. The van der Waals surface area contributed by atoms with Crippen molar-refractivity contribution >= 4 is 18.0 Å². The van der Waals surface area contributed by atoms with Crippen molar-refractivity contribution in [3.63, 3.8) is 0 Å². The van der Waals surface area contributed by atoms with Crippen molar-refractivity contribution in [2.24, 2.45) is 10.9 Å². The van der Waals surface area contributed by atoms with Gasteiger partial charge in [0.05, 0.1) is 74.3 Å². The lowest BCUT2D eigenvalue weighted by atomic mass is 9.90. The maximum atomic E-state index is 13.9. The Labute approximate surface area is 354 Å². The van der Waals surface area contributed by atoms with Crippen molar-refractivity contribution in [3.8, 4) is 0 Å². The number of fused-ring (bicyclic) bond motifs is 2. The summed E-state index contributed by atoms with van der Waals surface area (Å²) >= 11 is 0. The summed E-state index contributed by atoms with van der Waals surface area (Å²) in [5, 5.41) is 26.0. The van der Waals surface area contributed by atoms with Crippen LogP contribution in [0.25, 0.3) is 0 Å². The second-order valence-electron chi connectivity index (χ2n) is 16.6. The average molecular weight is 829 g/mol. The van der Waals surface area contributed by atoms with E-state index in [-0.39, 0.29) is 49.1 Å². The third-order valence-electron chi connectivity index (χ3n) is 12.5. The van der Waals surface area contributed by atoms with Crippen LogP contribution in [0, 0.1) is 5.92 Å². The van der Waals surface area contributed by atoms with Crippen LogP contribution >= 0.6 is 0 Å². The second kappa shape index (κ2) is 20.4. The van der Waals surface area contributed by atoms with Crippen molar-refractivity contribution in [1.82, 2.24) is 25.3 Å². The van der Waals surface area contributed by atoms with E-state index in [4.69, 9.17) is 23.9 Å². The Morgan fingerprint density at radius 2 is 1.82 bits per heavy atom. The lowest BCUT2D eigenvalue weighted by molar-refractivity contribution is -0.127. The van der Waals surface area contributed by atoms with E-state index in [1.165, 1.54) is 23.0 Å². The third-order valence-corrected chi connectivity index (χ3v) is 12.5. The molecule has 0 aromatic rings. The van der Waals surface area contributed by atoms with Crippen molar-refractivity contribution in [1.29, 1.82) is 0 Å². The number of likely N-dealkylation sites (N-methyl/N-ethyl adjacent to an activating group) is 1. The fourth-order valence-corrected chi connectivity index (χ4v) is 8.88. The van der Waals surface area contributed by atoms with Gasteiger partial charge in [-0.15, -0.1) is 0 Å². The molecule has 4 atom stereocenters. The van der Waals surface area contributed by atoms with E-state index in [0.29, 0.717) is 81.8 Å². The fourth-order valence-electron chi connectivity index (χ4n) is 8.88. The van der Waals surface area contributed by atoms with E-state index < -0.39 is 6.29 Å². The normalized spacial score (nSPS) is 27.0. The predicted molar refractivity (Wildman–Crippen MR) is 229 cm³/mol. The molecule has 2 aliphatic carbocycles. The number of aliphatic hydroxyl groups is 2. The van der Waals surface area contributed by atoms with E-state index >= 15 is 0 Å². The van der Waals surface area contributed by atoms with Crippen molar-refractivity contribution < 1.29 is 38.7 Å². The molecule has 2 amide bonds. The number of amides is 2.